The third-order valence-corrected chi connectivity index (χ3v) is 5.98. The molecule has 2 N–H and O–H groups in total. The predicted octanol–water partition coefficient (Wildman–Crippen LogP) is 1.53. The van der Waals surface area contributed by atoms with Crippen LogP contribution in [0.5, 0.6) is 5.75 Å². The number of nitrogens with two attached hydrogens (primary N) is 1. The van der Waals surface area contributed by atoms with E-state index in [1.165, 1.54) is 11.4 Å². The lowest BCUT2D eigenvalue weighted by atomic mass is 10.2. The van der Waals surface area contributed by atoms with Crippen molar-refractivity contribution in [3.63, 3.8) is 0 Å². The summed E-state index contributed by atoms with van der Waals surface area (Å²) in [5.41, 5.74) is 6.40. The third kappa shape index (κ3) is 3.66. The zero-order chi connectivity index (χ0) is 15.3. The topological polar surface area (TPSA) is 72.6 Å². The first-order valence-electron chi connectivity index (χ1n) is 6.22. The fraction of sp³-hybridized carbons (Fsp3) is 0.538. The second-order valence-corrected chi connectivity index (χ2v) is 7.39. The quantitative estimate of drug-likeness (QED) is 0.825. The Bertz CT molecular complexity index is 547. The molecule has 7 heteroatoms. The minimum atomic E-state index is -3.57. The van der Waals surface area contributed by atoms with Crippen molar-refractivity contribution in [1.29, 1.82) is 0 Å². The van der Waals surface area contributed by atoms with Gasteiger partial charge in [-0.05, 0) is 30.9 Å². The number of benzene rings is 1. The molecule has 0 aliphatic heterocycles. The van der Waals surface area contributed by atoms with Gasteiger partial charge in [0.1, 0.15) is 10.6 Å². The van der Waals surface area contributed by atoms with E-state index in [2.05, 4.69) is 0 Å². The zero-order valence-corrected chi connectivity index (χ0v) is 13.9. The van der Waals surface area contributed by atoms with Crippen molar-refractivity contribution < 1.29 is 13.2 Å². The summed E-state index contributed by atoms with van der Waals surface area (Å²) in [5, 5.41) is 0. The van der Waals surface area contributed by atoms with E-state index in [-0.39, 0.29) is 10.9 Å². The van der Waals surface area contributed by atoms with E-state index < -0.39 is 10.0 Å². The summed E-state index contributed by atoms with van der Waals surface area (Å²) in [7, 11) is -0.526. The summed E-state index contributed by atoms with van der Waals surface area (Å²) < 4.78 is 31.8. The highest BCUT2D eigenvalue weighted by Crippen LogP contribution is 2.28. The Morgan fingerprint density at radius 2 is 2.10 bits per heavy atom. The average Bonchev–Trinajstić information content (AvgIpc) is 2.45. The molecule has 0 fully saturated rings. The van der Waals surface area contributed by atoms with Crippen LogP contribution in [0.1, 0.15) is 12.5 Å². The van der Waals surface area contributed by atoms with Gasteiger partial charge < -0.3 is 10.5 Å². The highest BCUT2D eigenvalue weighted by atomic mass is 32.2. The number of hydrogen-bond donors (Lipinski definition) is 1. The van der Waals surface area contributed by atoms with Crippen molar-refractivity contribution in [2.45, 2.75) is 24.4 Å². The van der Waals surface area contributed by atoms with Crippen LogP contribution in [0.25, 0.3) is 0 Å². The molecule has 0 spiro atoms. The van der Waals surface area contributed by atoms with Crippen LogP contribution in [-0.4, -0.2) is 44.9 Å². The van der Waals surface area contributed by atoms with Gasteiger partial charge in [0.2, 0.25) is 10.0 Å². The van der Waals surface area contributed by atoms with E-state index in [0.717, 1.165) is 11.3 Å². The fourth-order valence-electron chi connectivity index (χ4n) is 1.79. The Balaban J connectivity index is 3.21. The summed E-state index contributed by atoms with van der Waals surface area (Å²) in [6.07, 6.45) is 1.95. The Morgan fingerprint density at radius 3 is 2.60 bits per heavy atom. The molecule has 1 rings (SSSR count). The summed E-state index contributed by atoms with van der Waals surface area (Å²) >= 11 is 1.61. The molecule has 0 saturated carbocycles. The van der Waals surface area contributed by atoms with Crippen LogP contribution < -0.4 is 10.5 Å². The summed E-state index contributed by atoms with van der Waals surface area (Å²) in [6.45, 7) is 2.23. The Hall–Kier alpha value is -0.760. The molecule has 0 amide bonds. The first-order valence-corrected chi connectivity index (χ1v) is 9.05. The summed E-state index contributed by atoms with van der Waals surface area (Å²) in [6, 6.07) is 4.84. The molecular formula is C13H22N2O3S2. The number of nitrogens with zero attached hydrogens (tertiary/aromatic N) is 1. The maximum atomic E-state index is 12.6. The van der Waals surface area contributed by atoms with Gasteiger partial charge in [0.05, 0.1) is 7.11 Å². The van der Waals surface area contributed by atoms with Crippen molar-refractivity contribution in [3.8, 4) is 5.75 Å². The smallest absolute Gasteiger partial charge is 0.246 e. The molecule has 0 radical (unpaired) electrons. The lowest BCUT2D eigenvalue weighted by Gasteiger charge is -2.24. The third-order valence-electron chi connectivity index (χ3n) is 3.15. The van der Waals surface area contributed by atoms with E-state index in [1.54, 1.807) is 37.0 Å². The van der Waals surface area contributed by atoms with Crippen molar-refractivity contribution in [1.82, 2.24) is 4.31 Å². The zero-order valence-electron chi connectivity index (χ0n) is 12.3. The highest BCUT2D eigenvalue weighted by molar-refractivity contribution is 7.98. The molecule has 114 valence electrons. The normalized spacial score (nSPS) is 13.5. The van der Waals surface area contributed by atoms with Gasteiger partial charge in [-0.2, -0.15) is 16.1 Å². The largest absolute Gasteiger partial charge is 0.495 e. The van der Waals surface area contributed by atoms with Crippen molar-refractivity contribution in [3.05, 3.63) is 23.8 Å². The van der Waals surface area contributed by atoms with Gasteiger partial charge in [-0.15, -0.1) is 0 Å². The Labute approximate surface area is 125 Å². The van der Waals surface area contributed by atoms with Crippen LogP contribution >= 0.6 is 11.8 Å². The van der Waals surface area contributed by atoms with Crippen LogP contribution in [0.3, 0.4) is 0 Å². The molecular weight excluding hydrogens is 296 g/mol. The van der Waals surface area contributed by atoms with E-state index in [1.807, 2.05) is 13.2 Å². The molecule has 0 saturated heterocycles. The molecule has 0 aliphatic rings. The van der Waals surface area contributed by atoms with Crippen LogP contribution in [0.4, 0.5) is 0 Å². The Morgan fingerprint density at radius 1 is 1.45 bits per heavy atom. The molecule has 1 aromatic rings. The second kappa shape index (κ2) is 7.31. The van der Waals surface area contributed by atoms with Gasteiger partial charge in [-0.1, -0.05) is 6.07 Å². The lowest BCUT2D eigenvalue weighted by Crippen LogP contribution is -2.36. The van der Waals surface area contributed by atoms with Crippen molar-refractivity contribution >= 4 is 21.8 Å². The monoisotopic (exact) mass is 318 g/mol. The van der Waals surface area contributed by atoms with Crippen molar-refractivity contribution in [2.24, 2.45) is 5.73 Å². The van der Waals surface area contributed by atoms with Gasteiger partial charge in [0.25, 0.3) is 0 Å². The SMILES string of the molecule is COc1cc(CN)ccc1S(=O)(=O)N(C)C(C)CSC. The maximum absolute atomic E-state index is 12.6. The number of thioether (sulfide) groups is 1. The van der Waals surface area contributed by atoms with E-state index in [4.69, 9.17) is 10.5 Å². The second-order valence-electron chi connectivity index (χ2n) is 4.51. The van der Waals surface area contributed by atoms with Gasteiger partial charge in [0, 0.05) is 25.4 Å². The maximum Gasteiger partial charge on any atom is 0.246 e. The lowest BCUT2D eigenvalue weighted by molar-refractivity contribution is 0.389. The van der Waals surface area contributed by atoms with E-state index >= 15 is 0 Å². The number of ether oxygens (including phenoxy) is 1. The van der Waals surface area contributed by atoms with Crippen LogP contribution in [0.15, 0.2) is 23.1 Å². The molecule has 1 unspecified atom stereocenters. The standard InChI is InChI=1S/C13H22N2O3S2/c1-10(9-19-4)15(2)20(16,17)13-6-5-11(8-14)7-12(13)18-3/h5-7,10H,8-9,14H2,1-4H3. The van der Waals surface area contributed by atoms with Gasteiger partial charge in [-0.3, -0.25) is 0 Å². The highest BCUT2D eigenvalue weighted by Gasteiger charge is 2.28. The van der Waals surface area contributed by atoms with E-state index in [0.29, 0.717) is 12.3 Å². The van der Waals surface area contributed by atoms with Crippen LogP contribution in [-0.2, 0) is 16.6 Å². The Kier molecular flexibility index (Phi) is 6.32. The van der Waals surface area contributed by atoms with Gasteiger partial charge >= 0.3 is 0 Å². The van der Waals surface area contributed by atoms with Gasteiger partial charge in [-0.25, -0.2) is 8.42 Å². The number of rotatable bonds is 7. The molecule has 0 aliphatic carbocycles. The first-order chi connectivity index (χ1) is 9.38. The number of methoxy groups -OCH3 is 1. The van der Waals surface area contributed by atoms with Crippen molar-refractivity contribution in [2.75, 3.05) is 26.2 Å². The molecule has 0 bridgehead atoms. The van der Waals surface area contributed by atoms with Crippen LogP contribution in [0, 0.1) is 0 Å². The number of hydrogen-bond acceptors (Lipinski definition) is 5. The minimum Gasteiger partial charge on any atom is -0.495 e. The van der Waals surface area contributed by atoms with Gasteiger partial charge in [0.15, 0.2) is 0 Å². The molecule has 0 aromatic heterocycles. The molecule has 5 nitrogen and oxygen atoms in total. The predicted molar refractivity (Wildman–Crippen MR) is 83.7 cm³/mol. The molecule has 1 aromatic carbocycles. The molecule has 1 atom stereocenters. The molecule has 20 heavy (non-hydrogen) atoms. The van der Waals surface area contributed by atoms with E-state index in [9.17, 15) is 8.42 Å². The van der Waals surface area contributed by atoms with Crippen LogP contribution in [0.2, 0.25) is 0 Å². The summed E-state index contributed by atoms with van der Waals surface area (Å²) in [5.74, 6) is 1.06. The first kappa shape index (κ1) is 17.3. The molecule has 0 heterocycles. The number of sulfonamides is 1. The minimum absolute atomic E-state index is 0.0890. The average molecular weight is 318 g/mol. The fourth-order valence-corrected chi connectivity index (χ4v) is 4.09. The summed E-state index contributed by atoms with van der Waals surface area (Å²) in [4.78, 5) is 0.174.